The molecule has 0 aromatic heterocycles. The molecular weight excluding hydrogens is 346 g/mol. The highest BCUT2D eigenvalue weighted by molar-refractivity contribution is 7.86. The zero-order valence-electron chi connectivity index (χ0n) is 13.9. The quantitative estimate of drug-likeness (QED) is 0.565. The van der Waals surface area contributed by atoms with Crippen molar-refractivity contribution in [1.29, 1.82) is 0 Å². The van der Waals surface area contributed by atoms with Crippen LogP contribution in [0.1, 0.15) is 21.5 Å². The van der Waals surface area contributed by atoms with E-state index in [2.05, 4.69) is 0 Å². The summed E-state index contributed by atoms with van der Waals surface area (Å²) < 4.78 is 34.3. The maximum absolute atomic E-state index is 12.6. The van der Waals surface area contributed by atoms with Gasteiger partial charge in [0.25, 0.3) is 0 Å². The van der Waals surface area contributed by atoms with Gasteiger partial charge >= 0.3 is 10.1 Å². The monoisotopic (exact) mass is 365 g/mol. The first-order chi connectivity index (χ1) is 11.8. The third-order valence-electron chi connectivity index (χ3n) is 3.47. The Hall–Kier alpha value is -2.42. The van der Waals surface area contributed by atoms with Crippen LogP contribution >= 0.6 is 0 Å². The van der Waals surface area contributed by atoms with Crippen molar-refractivity contribution in [3.8, 4) is 11.5 Å². The second-order valence-electron chi connectivity index (χ2n) is 5.28. The van der Waals surface area contributed by atoms with Gasteiger partial charge in [-0.05, 0) is 13.0 Å². The normalized spacial score (nSPS) is 11.3. The van der Waals surface area contributed by atoms with Gasteiger partial charge < -0.3 is 15.6 Å². The largest absolute Gasteiger partial charge is 0.507 e. The van der Waals surface area contributed by atoms with Gasteiger partial charge in [0.15, 0.2) is 5.78 Å². The molecule has 0 fully saturated rings. The van der Waals surface area contributed by atoms with Crippen molar-refractivity contribution < 1.29 is 27.2 Å². The molecule has 0 unspecified atom stereocenters. The van der Waals surface area contributed by atoms with E-state index in [1.165, 1.54) is 7.11 Å². The lowest BCUT2D eigenvalue weighted by molar-refractivity contribution is 0.103. The van der Waals surface area contributed by atoms with Crippen molar-refractivity contribution in [2.75, 3.05) is 20.3 Å². The number of aromatic hydroxyl groups is 1. The molecule has 0 spiro atoms. The summed E-state index contributed by atoms with van der Waals surface area (Å²) in [6.07, 6.45) is 0. The molecule has 0 heterocycles. The fraction of sp³-hybridized carbons (Fsp3) is 0.235. The lowest BCUT2D eigenvalue weighted by Crippen LogP contribution is -2.15. The Kier molecular flexibility index (Phi) is 5.78. The van der Waals surface area contributed by atoms with Gasteiger partial charge in [-0.2, -0.15) is 8.42 Å². The number of phenolic OH excluding ortho intramolecular Hbond substituents is 1. The topological polar surface area (TPSA) is 116 Å². The highest BCUT2D eigenvalue weighted by Gasteiger charge is 2.25. The Morgan fingerprint density at radius 3 is 2.40 bits per heavy atom. The number of rotatable bonds is 7. The molecule has 3 N–H and O–H groups in total. The number of nitrogens with two attached hydrogens (primary N) is 1. The lowest BCUT2D eigenvalue weighted by Gasteiger charge is -2.13. The molecule has 134 valence electrons. The maximum atomic E-state index is 12.6. The maximum Gasteiger partial charge on any atom is 0.300 e. The van der Waals surface area contributed by atoms with Gasteiger partial charge in [0, 0.05) is 18.2 Å². The van der Waals surface area contributed by atoms with Gasteiger partial charge in [0.05, 0.1) is 19.3 Å². The van der Waals surface area contributed by atoms with E-state index in [1.807, 2.05) is 6.92 Å². The van der Waals surface area contributed by atoms with Crippen molar-refractivity contribution in [1.82, 2.24) is 0 Å². The molecule has 0 saturated carbocycles. The second kappa shape index (κ2) is 7.64. The van der Waals surface area contributed by atoms with Crippen LogP contribution in [-0.2, 0) is 14.3 Å². The average Bonchev–Trinajstić information content (AvgIpc) is 2.59. The van der Waals surface area contributed by atoms with Crippen LogP contribution in [0, 0.1) is 6.92 Å². The molecule has 0 atom stereocenters. The Labute approximate surface area is 146 Å². The summed E-state index contributed by atoms with van der Waals surface area (Å²) in [7, 11) is -2.95. The summed E-state index contributed by atoms with van der Waals surface area (Å²) in [5.41, 5.74) is 6.38. The minimum atomic E-state index is -4.20. The summed E-state index contributed by atoms with van der Waals surface area (Å²) in [6, 6.07) is 8.80. The van der Waals surface area contributed by atoms with Gasteiger partial charge in [-0.15, -0.1) is 0 Å². The minimum Gasteiger partial charge on any atom is -0.507 e. The predicted molar refractivity (Wildman–Crippen MR) is 91.5 cm³/mol. The van der Waals surface area contributed by atoms with Crippen LogP contribution in [0.5, 0.6) is 11.5 Å². The van der Waals surface area contributed by atoms with Crippen LogP contribution in [0.2, 0.25) is 0 Å². The third-order valence-corrected chi connectivity index (χ3v) is 4.80. The van der Waals surface area contributed by atoms with Crippen molar-refractivity contribution in [3.05, 3.63) is 53.1 Å². The molecular formula is C17H19NO6S. The first-order valence-corrected chi connectivity index (χ1v) is 8.83. The number of methoxy groups -OCH3 is 1. The molecule has 0 amide bonds. The number of phenols is 1. The van der Waals surface area contributed by atoms with Crippen molar-refractivity contribution >= 4 is 15.9 Å². The predicted octanol–water partition coefficient (Wildman–Crippen LogP) is 1.60. The Bertz CT molecular complexity index is 875. The smallest absolute Gasteiger partial charge is 0.300 e. The van der Waals surface area contributed by atoms with E-state index in [1.54, 1.807) is 24.3 Å². The highest BCUT2D eigenvalue weighted by atomic mass is 32.2. The van der Waals surface area contributed by atoms with E-state index in [0.717, 1.165) is 17.7 Å². The standard InChI is InChI=1S/C17H19NO6S/c1-11-3-5-12(6-4-11)17(20)13-9-16(15(23-2)10-14(13)19)25(21,22)24-8-7-18/h3-6,9-10,19H,7-8,18H2,1-2H3. The second-order valence-corrected chi connectivity index (χ2v) is 6.86. The number of hydrogen-bond donors (Lipinski definition) is 2. The van der Waals surface area contributed by atoms with Crippen molar-refractivity contribution in [2.45, 2.75) is 11.8 Å². The number of ether oxygens (including phenoxy) is 1. The van der Waals surface area contributed by atoms with Gasteiger partial charge in [-0.3, -0.25) is 8.98 Å². The Morgan fingerprint density at radius 1 is 1.20 bits per heavy atom. The zero-order valence-corrected chi connectivity index (χ0v) is 14.7. The van der Waals surface area contributed by atoms with E-state index >= 15 is 0 Å². The van der Waals surface area contributed by atoms with E-state index in [9.17, 15) is 18.3 Å². The molecule has 2 rings (SSSR count). The van der Waals surface area contributed by atoms with Crippen LogP contribution in [0.4, 0.5) is 0 Å². The first kappa shape index (κ1) is 18.9. The molecule has 0 saturated heterocycles. The molecule has 0 radical (unpaired) electrons. The lowest BCUT2D eigenvalue weighted by atomic mass is 10.0. The van der Waals surface area contributed by atoms with Crippen LogP contribution in [0.15, 0.2) is 41.3 Å². The van der Waals surface area contributed by atoms with Gasteiger partial charge in [-0.25, -0.2) is 0 Å². The molecule has 2 aromatic rings. The van der Waals surface area contributed by atoms with E-state index < -0.39 is 15.9 Å². The molecule has 2 aromatic carbocycles. The summed E-state index contributed by atoms with van der Waals surface area (Å²) in [5, 5.41) is 10.1. The summed E-state index contributed by atoms with van der Waals surface area (Å²) in [6.45, 7) is 1.67. The minimum absolute atomic E-state index is 0.00871. The Balaban J connectivity index is 2.54. The van der Waals surface area contributed by atoms with Crippen molar-refractivity contribution in [2.24, 2.45) is 5.73 Å². The molecule has 8 heteroatoms. The number of aryl methyl sites for hydroxylation is 1. The number of carbonyl (C=O) groups excluding carboxylic acids is 1. The van der Waals surface area contributed by atoms with Crippen LogP contribution in [0.25, 0.3) is 0 Å². The summed E-state index contributed by atoms with van der Waals surface area (Å²) in [4.78, 5) is 12.3. The van der Waals surface area contributed by atoms with E-state index in [4.69, 9.17) is 14.7 Å². The van der Waals surface area contributed by atoms with Gasteiger partial charge in [-0.1, -0.05) is 29.8 Å². The summed E-state index contributed by atoms with van der Waals surface area (Å²) in [5.74, 6) is -1.04. The Morgan fingerprint density at radius 2 is 1.84 bits per heavy atom. The molecule has 7 nitrogen and oxygen atoms in total. The van der Waals surface area contributed by atoms with Crippen LogP contribution in [0.3, 0.4) is 0 Å². The highest BCUT2D eigenvalue weighted by Crippen LogP contribution is 2.33. The summed E-state index contributed by atoms with van der Waals surface area (Å²) >= 11 is 0. The molecule has 0 aliphatic heterocycles. The molecule has 0 aliphatic rings. The van der Waals surface area contributed by atoms with E-state index in [-0.39, 0.29) is 35.1 Å². The number of benzene rings is 2. The van der Waals surface area contributed by atoms with Crippen molar-refractivity contribution in [3.63, 3.8) is 0 Å². The number of hydrogen-bond acceptors (Lipinski definition) is 7. The zero-order chi connectivity index (χ0) is 18.6. The third kappa shape index (κ3) is 4.16. The van der Waals surface area contributed by atoms with Gasteiger partial charge in [0.2, 0.25) is 0 Å². The molecule has 0 bridgehead atoms. The number of ketones is 1. The van der Waals surface area contributed by atoms with E-state index in [0.29, 0.717) is 5.56 Å². The van der Waals surface area contributed by atoms with Gasteiger partial charge in [0.1, 0.15) is 16.4 Å². The number of carbonyl (C=O) groups is 1. The molecule has 0 aliphatic carbocycles. The van der Waals surface area contributed by atoms with Crippen LogP contribution < -0.4 is 10.5 Å². The SMILES string of the molecule is COc1cc(O)c(C(=O)c2ccc(C)cc2)cc1S(=O)(=O)OCCN. The molecule has 25 heavy (non-hydrogen) atoms. The first-order valence-electron chi connectivity index (χ1n) is 7.42. The average molecular weight is 365 g/mol. The fourth-order valence-corrected chi connectivity index (χ4v) is 3.26. The van der Waals surface area contributed by atoms with Crippen LogP contribution in [-0.4, -0.2) is 39.6 Å². The fourth-order valence-electron chi connectivity index (χ4n) is 2.17.